The molecule has 0 aliphatic carbocycles. The number of anilines is 1. The zero-order chi connectivity index (χ0) is 13.1. The third-order valence-electron chi connectivity index (χ3n) is 2.52. The van der Waals surface area contributed by atoms with E-state index in [9.17, 15) is 4.39 Å². The van der Waals surface area contributed by atoms with E-state index in [4.69, 9.17) is 0 Å². The van der Waals surface area contributed by atoms with Gasteiger partial charge in [0, 0.05) is 23.6 Å². The standard InChI is InChI=1S/C13H16FN3S/c1-8(2)7-15-13-16-12(17-18-13)10-5-4-9(3)11(14)6-10/h4-6,8H,7H2,1-3H3,(H,15,16,17). The van der Waals surface area contributed by atoms with E-state index in [1.54, 1.807) is 13.0 Å². The molecule has 2 rings (SSSR count). The largest absolute Gasteiger partial charge is 0.360 e. The van der Waals surface area contributed by atoms with Gasteiger partial charge in [0.15, 0.2) is 5.82 Å². The Bertz CT molecular complexity index is 537. The van der Waals surface area contributed by atoms with Crippen LogP contribution in [0.3, 0.4) is 0 Å². The number of aromatic nitrogens is 2. The summed E-state index contributed by atoms with van der Waals surface area (Å²) in [5.41, 5.74) is 1.35. The molecule has 0 amide bonds. The Morgan fingerprint density at radius 3 is 2.83 bits per heavy atom. The predicted octanol–water partition coefficient (Wildman–Crippen LogP) is 3.72. The van der Waals surface area contributed by atoms with Gasteiger partial charge in [-0.05, 0) is 24.5 Å². The van der Waals surface area contributed by atoms with Crippen LogP contribution in [0.4, 0.5) is 9.52 Å². The van der Waals surface area contributed by atoms with Crippen LogP contribution in [0.2, 0.25) is 0 Å². The van der Waals surface area contributed by atoms with E-state index in [1.807, 2.05) is 6.07 Å². The molecule has 5 heteroatoms. The van der Waals surface area contributed by atoms with Crippen molar-refractivity contribution in [2.24, 2.45) is 5.92 Å². The van der Waals surface area contributed by atoms with Gasteiger partial charge in [0.25, 0.3) is 0 Å². The summed E-state index contributed by atoms with van der Waals surface area (Å²) in [6.07, 6.45) is 0. The summed E-state index contributed by atoms with van der Waals surface area (Å²) in [4.78, 5) is 4.35. The van der Waals surface area contributed by atoms with Crippen molar-refractivity contribution in [3.63, 3.8) is 0 Å². The predicted molar refractivity (Wildman–Crippen MR) is 73.4 cm³/mol. The van der Waals surface area contributed by atoms with Gasteiger partial charge in [0.1, 0.15) is 5.82 Å². The summed E-state index contributed by atoms with van der Waals surface area (Å²) in [6, 6.07) is 5.06. The molecular weight excluding hydrogens is 249 g/mol. The topological polar surface area (TPSA) is 37.8 Å². The molecule has 0 bridgehead atoms. The van der Waals surface area contributed by atoms with Gasteiger partial charge < -0.3 is 5.32 Å². The highest BCUT2D eigenvalue weighted by molar-refractivity contribution is 7.09. The minimum Gasteiger partial charge on any atom is -0.360 e. The lowest BCUT2D eigenvalue weighted by atomic mass is 10.1. The van der Waals surface area contributed by atoms with Gasteiger partial charge >= 0.3 is 0 Å². The van der Waals surface area contributed by atoms with E-state index in [-0.39, 0.29) is 5.82 Å². The number of aryl methyl sites for hydroxylation is 1. The van der Waals surface area contributed by atoms with Gasteiger partial charge in [-0.15, -0.1) is 0 Å². The molecule has 0 aliphatic rings. The fraction of sp³-hybridized carbons (Fsp3) is 0.385. The number of halogens is 1. The maximum atomic E-state index is 13.5. The van der Waals surface area contributed by atoms with Crippen LogP contribution < -0.4 is 5.32 Å². The number of nitrogens with one attached hydrogen (secondary N) is 1. The number of nitrogens with zero attached hydrogens (tertiary/aromatic N) is 2. The van der Waals surface area contributed by atoms with Crippen molar-refractivity contribution < 1.29 is 4.39 Å². The van der Waals surface area contributed by atoms with Gasteiger partial charge in [-0.2, -0.15) is 9.36 Å². The summed E-state index contributed by atoms with van der Waals surface area (Å²) in [6.45, 7) is 6.86. The lowest BCUT2D eigenvalue weighted by Gasteiger charge is -2.03. The SMILES string of the molecule is Cc1ccc(-c2nsc(NCC(C)C)n2)cc1F. The Morgan fingerprint density at radius 1 is 1.39 bits per heavy atom. The first-order valence-electron chi connectivity index (χ1n) is 5.90. The highest BCUT2D eigenvalue weighted by Gasteiger charge is 2.08. The van der Waals surface area contributed by atoms with E-state index in [0.717, 1.165) is 11.7 Å². The van der Waals surface area contributed by atoms with Crippen LogP contribution in [0.15, 0.2) is 18.2 Å². The lowest BCUT2D eigenvalue weighted by molar-refractivity contribution is 0.619. The molecule has 1 N–H and O–H groups in total. The minimum atomic E-state index is -0.223. The van der Waals surface area contributed by atoms with Crippen molar-refractivity contribution in [1.29, 1.82) is 0 Å². The average molecular weight is 265 g/mol. The quantitative estimate of drug-likeness (QED) is 0.915. The molecule has 2 aromatic rings. The molecule has 0 unspecified atom stereocenters. The van der Waals surface area contributed by atoms with Crippen LogP contribution in [0.1, 0.15) is 19.4 Å². The third-order valence-corrected chi connectivity index (χ3v) is 3.19. The first-order chi connectivity index (χ1) is 8.56. The molecule has 1 aromatic carbocycles. The second-order valence-electron chi connectivity index (χ2n) is 4.66. The smallest absolute Gasteiger partial charge is 0.202 e. The number of benzene rings is 1. The molecule has 0 spiro atoms. The monoisotopic (exact) mass is 265 g/mol. The molecule has 18 heavy (non-hydrogen) atoms. The van der Waals surface area contributed by atoms with Crippen LogP contribution in [0.5, 0.6) is 0 Å². The van der Waals surface area contributed by atoms with Gasteiger partial charge in [0.05, 0.1) is 0 Å². The zero-order valence-corrected chi connectivity index (χ0v) is 11.5. The molecule has 1 aromatic heterocycles. The van der Waals surface area contributed by atoms with Crippen LogP contribution in [-0.4, -0.2) is 15.9 Å². The number of rotatable bonds is 4. The molecule has 0 aliphatic heterocycles. The maximum Gasteiger partial charge on any atom is 0.202 e. The normalized spacial score (nSPS) is 10.9. The van der Waals surface area contributed by atoms with Crippen molar-refractivity contribution in [3.8, 4) is 11.4 Å². The summed E-state index contributed by atoms with van der Waals surface area (Å²) >= 11 is 1.30. The highest BCUT2D eigenvalue weighted by Crippen LogP contribution is 2.22. The Labute approximate surface area is 110 Å². The molecule has 0 saturated carbocycles. The maximum absolute atomic E-state index is 13.5. The molecule has 0 atom stereocenters. The molecule has 3 nitrogen and oxygen atoms in total. The van der Waals surface area contributed by atoms with E-state index < -0.39 is 0 Å². The van der Waals surface area contributed by atoms with E-state index in [2.05, 4.69) is 28.5 Å². The molecular formula is C13H16FN3S. The summed E-state index contributed by atoms with van der Waals surface area (Å²) in [7, 11) is 0. The summed E-state index contributed by atoms with van der Waals surface area (Å²) < 4.78 is 17.7. The lowest BCUT2D eigenvalue weighted by Crippen LogP contribution is -2.07. The molecule has 0 radical (unpaired) electrons. The van der Waals surface area contributed by atoms with Gasteiger partial charge in [-0.25, -0.2) is 4.39 Å². The molecule has 0 fully saturated rings. The van der Waals surface area contributed by atoms with Gasteiger partial charge in [-0.1, -0.05) is 26.0 Å². The van der Waals surface area contributed by atoms with Crippen LogP contribution in [-0.2, 0) is 0 Å². The van der Waals surface area contributed by atoms with Crippen molar-refractivity contribution in [2.75, 3.05) is 11.9 Å². The van der Waals surface area contributed by atoms with Crippen molar-refractivity contribution in [2.45, 2.75) is 20.8 Å². The van der Waals surface area contributed by atoms with E-state index >= 15 is 0 Å². The zero-order valence-electron chi connectivity index (χ0n) is 10.7. The van der Waals surface area contributed by atoms with Crippen LogP contribution >= 0.6 is 11.5 Å². The van der Waals surface area contributed by atoms with Crippen molar-refractivity contribution >= 4 is 16.7 Å². The molecule has 96 valence electrons. The highest BCUT2D eigenvalue weighted by atomic mass is 32.1. The number of hydrogen-bond donors (Lipinski definition) is 1. The van der Waals surface area contributed by atoms with E-state index in [1.165, 1.54) is 17.6 Å². The van der Waals surface area contributed by atoms with Gasteiger partial charge in [-0.3, -0.25) is 0 Å². The van der Waals surface area contributed by atoms with Crippen molar-refractivity contribution in [1.82, 2.24) is 9.36 Å². The summed E-state index contributed by atoms with van der Waals surface area (Å²) in [5, 5.41) is 3.99. The second-order valence-corrected chi connectivity index (χ2v) is 5.41. The number of hydrogen-bond acceptors (Lipinski definition) is 4. The Morgan fingerprint density at radius 2 is 2.17 bits per heavy atom. The Kier molecular flexibility index (Phi) is 3.91. The minimum absolute atomic E-state index is 0.223. The summed E-state index contributed by atoms with van der Waals surface area (Å²) in [5.74, 6) is 0.901. The average Bonchev–Trinajstić information content (AvgIpc) is 2.79. The first kappa shape index (κ1) is 13.0. The second kappa shape index (κ2) is 5.44. The Hall–Kier alpha value is -1.49. The molecule has 1 heterocycles. The fourth-order valence-corrected chi connectivity index (χ4v) is 2.03. The fourth-order valence-electron chi connectivity index (χ4n) is 1.44. The van der Waals surface area contributed by atoms with E-state index in [0.29, 0.717) is 22.9 Å². The third kappa shape index (κ3) is 3.04. The van der Waals surface area contributed by atoms with Gasteiger partial charge in [0.2, 0.25) is 5.13 Å². The first-order valence-corrected chi connectivity index (χ1v) is 6.67. The van der Waals surface area contributed by atoms with Crippen LogP contribution in [0, 0.1) is 18.7 Å². The van der Waals surface area contributed by atoms with Crippen LogP contribution in [0.25, 0.3) is 11.4 Å². The van der Waals surface area contributed by atoms with Crippen molar-refractivity contribution in [3.05, 3.63) is 29.6 Å². The Balaban J connectivity index is 2.16. The molecule has 0 saturated heterocycles.